The third-order valence-corrected chi connectivity index (χ3v) is 5.84. The number of benzene rings is 3. The molecule has 0 bridgehead atoms. The summed E-state index contributed by atoms with van der Waals surface area (Å²) < 4.78 is 32.3. The molecule has 0 spiro atoms. The van der Waals surface area contributed by atoms with Crippen molar-refractivity contribution in [1.82, 2.24) is 5.32 Å². The second-order valence-corrected chi connectivity index (χ2v) is 8.71. The molecule has 0 radical (unpaired) electrons. The van der Waals surface area contributed by atoms with Crippen LogP contribution in [0.15, 0.2) is 76.8 Å². The Balaban J connectivity index is 1.47. The van der Waals surface area contributed by atoms with Crippen molar-refractivity contribution in [3.63, 3.8) is 0 Å². The molecule has 0 aliphatic carbocycles. The van der Waals surface area contributed by atoms with Crippen LogP contribution < -0.4 is 20.3 Å². The van der Waals surface area contributed by atoms with Crippen LogP contribution in [0.2, 0.25) is 0 Å². The first kappa shape index (κ1) is 25.1. The van der Waals surface area contributed by atoms with E-state index in [1.165, 1.54) is 54.6 Å². The zero-order valence-corrected chi connectivity index (χ0v) is 20.7. The zero-order chi connectivity index (χ0) is 25.8. The summed E-state index contributed by atoms with van der Waals surface area (Å²) in [6.45, 7) is -0.304. The molecule has 4 rings (SSSR count). The van der Waals surface area contributed by atoms with E-state index in [-0.39, 0.29) is 17.3 Å². The number of hydrogen-bond acceptors (Lipinski definition) is 5. The van der Waals surface area contributed by atoms with Gasteiger partial charge in [-0.3, -0.25) is 24.6 Å². The monoisotopic (exact) mass is 571 g/mol. The van der Waals surface area contributed by atoms with Crippen LogP contribution in [0, 0.1) is 11.6 Å². The molecule has 3 aromatic rings. The second-order valence-electron chi connectivity index (χ2n) is 7.47. The van der Waals surface area contributed by atoms with Crippen molar-refractivity contribution in [3.05, 3.63) is 94.0 Å². The van der Waals surface area contributed by atoms with E-state index in [0.717, 1.165) is 4.90 Å². The number of anilines is 2. The van der Waals surface area contributed by atoms with Crippen molar-refractivity contribution >= 4 is 68.4 Å². The van der Waals surface area contributed by atoms with Gasteiger partial charge in [0.1, 0.15) is 23.0 Å². The first-order valence-corrected chi connectivity index (χ1v) is 11.6. The minimum atomic E-state index is -0.669. The lowest BCUT2D eigenvalue weighted by Gasteiger charge is -2.28. The average Bonchev–Trinajstić information content (AvgIpc) is 2.84. The van der Waals surface area contributed by atoms with Gasteiger partial charge in [0.2, 0.25) is 0 Å². The SMILES string of the molecule is O=C(COc1ccc(C=C2C(=O)NC(=S)N(c3ccc(F)cc3)C2=O)cc1Br)Nc1ccc(F)cc1. The number of carbonyl (C=O) groups is 3. The van der Waals surface area contributed by atoms with Crippen LogP contribution in [0.5, 0.6) is 5.75 Å². The Morgan fingerprint density at radius 2 is 1.67 bits per heavy atom. The van der Waals surface area contributed by atoms with E-state index in [4.69, 9.17) is 17.0 Å². The van der Waals surface area contributed by atoms with E-state index in [0.29, 0.717) is 27.2 Å². The minimum absolute atomic E-state index is 0.113. The quantitative estimate of drug-likeness (QED) is 0.257. The average molecular weight is 572 g/mol. The van der Waals surface area contributed by atoms with Crippen molar-refractivity contribution in [3.8, 4) is 5.75 Å². The van der Waals surface area contributed by atoms with Gasteiger partial charge in [-0.05, 0) is 100 Å². The van der Waals surface area contributed by atoms with Crippen molar-refractivity contribution in [2.75, 3.05) is 16.8 Å². The summed E-state index contributed by atoms with van der Waals surface area (Å²) in [6.07, 6.45) is 1.38. The number of thiocarbonyl (C=S) groups is 1. The molecule has 11 heteroatoms. The number of carbonyl (C=O) groups excluding carboxylic acids is 3. The minimum Gasteiger partial charge on any atom is -0.483 e. The summed E-state index contributed by atoms with van der Waals surface area (Å²) in [5.41, 5.74) is 1.05. The molecule has 36 heavy (non-hydrogen) atoms. The van der Waals surface area contributed by atoms with E-state index in [9.17, 15) is 23.2 Å². The summed E-state index contributed by atoms with van der Waals surface area (Å²) in [4.78, 5) is 38.7. The highest BCUT2D eigenvalue weighted by molar-refractivity contribution is 9.10. The number of hydrogen-bond donors (Lipinski definition) is 2. The maximum Gasteiger partial charge on any atom is 0.270 e. The molecule has 7 nitrogen and oxygen atoms in total. The molecule has 0 saturated carbocycles. The van der Waals surface area contributed by atoms with Crippen LogP contribution in [-0.4, -0.2) is 29.4 Å². The molecule has 1 fully saturated rings. The van der Waals surface area contributed by atoms with Gasteiger partial charge in [-0.15, -0.1) is 0 Å². The van der Waals surface area contributed by atoms with E-state index in [2.05, 4.69) is 26.6 Å². The molecule has 1 aliphatic heterocycles. The van der Waals surface area contributed by atoms with Crippen molar-refractivity contribution in [2.45, 2.75) is 0 Å². The third-order valence-electron chi connectivity index (χ3n) is 4.94. The summed E-state index contributed by atoms with van der Waals surface area (Å²) in [5.74, 6) is -2.32. The Hall–Kier alpha value is -3.96. The number of nitrogens with one attached hydrogen (secondary N) is 2. The van der Waals surface area contributed by atoms with E-state index in [1.807, 2.05) is 0 Å². The van der Waals surface area contributed by atoms with Gasteiger partial charge in [0.05, 0.1) is 10.2 Å². The van der Waals surface area contributed by atoms with Crippen LogP contribution >= 0.6 is 28.1 Å². The van der Waals surface area contributed by atoms with Gasteiger partial charge >= 0.3 is 0 Å². The molecular formula is C25H16BrF2N3O4S. The van der Waals surface area contributed by atoms with Crippen LogP contribution in [0.3, 0.4) is 0 Å². The molecule has 1 saturated heterocycles. The largest absolute Gasteiger partial charge is 0.483 e. The Morgan fingerprint density at radius 1 is 1.03 bits per heavy atom. The normalized spacial score (nSPS) is 14.6. The van der Waals surface area contributed by atoms with Gasteiger partial charge in [-0.1, -0.05) is 6.07 Å². The molecule has 0 aromatic heterocycles. The van der Waals surface area contributed by atoms with Gasteiger partial charge in [-0.2, -0.15) is 0 Å². The van der Waals surface area contributed by atoms with Gasteiger partial charge < -0.3 is 10.1 Å². The number of amides is 3. The van der Waals surface area contributed by atoms with Gasteiger partial charge in [0.25, 0.3) is 17.7 Å². The zero-order valence-electron chi connectivity index (χ0n) is 18.3. The predicted molar refractivity (Wildman–Crippen MR) is 137 cm³/mol. The summed E-state index contributed by atoms with van der Waals surface area (Å²) in [7, 11) is 0. The smallest absolute Gasteiger partial charge is 0.270 e. The topological polar surface area (TPSA) is 87.7 Å². The fourth-order valence-corrected chi connectivity index (χ4v) is 4.04. The summed E-state index contributed by atoms with van der Waals surface area (Å²) >= 11 is 8.48. The van der Waals surface area contributed by atoms with Crippen molar-refractivity contribution in [2.24, 2.45) is 0 Å². The van der Waals surface area contributed by atoms with E-state index < -0.39 is 29.4 Å². The first-order chi connectivity index (χ1) is 17.2. The lowest BCUT2D eigenvalue weighted by molar-refractivity contribution is -0.122. The van der Waals surface area contributed by atoms with E-state index in [1.54, 1.807) is 18.2 Å². The standard InChI is InChI=1S/C25H16BrF2N3O4S/c26-20-12-14(1-10-21(20)35-13-22(32)29-17-6-2-15(27)3-7-17)11-19-23(33)30-25(36)31(24(19)34)18-8-4-16(28)5-9-18/h1-12H,13H2,(H,29,32)(H,30,33,36). The molecule has 3 amide bonds. The highest BCUT2D eigenvalue weighted by Crippen LogP contribution is 2.28. The highest BCUT2D eigenvalue weighted by Gasteiger charge is 2.34. The Labute approximate surface area is 217 Å². The van der Waals surface area contributed by atoms with Crippen LogP contribution in [0.1, 0.15) is 5.56 Å². The predicted octanol–water partition coefficient (Wildman–Crippen LogP) is 4.58. The molecule has 182 valence electrons. The molecule has 1 heterocycles. The maximum atomic E-state index is 13.3. The molecule has 0 atom stereocenters. The van der Waals surface area contributed by atoms with Crippen LogP contribution in [0.4, 0.5) is 20.2 Å². The number of ether oxygens (including phenoxy) is 1. The van der Waals surface area contributed by atoms with Gasteiger partial charge in [0, 0.05) is 5.69 Å². The Bertz CT molecular complexity index is 1400. The summed E-state index contributed by atoms with van der Waals surface area (Å²) in [5, 5.41) is 4.93. The number of halogens is 3. The third kappa shape index (κ3) is 5.81. The molecule has 1 aliphatic rings. The molecular weight excluding hydrogens is 556 g/mol. The molecule has 2 N–H and O–H groups in total. The second kappa shape index (κ2) is 10.8. The Morgan fingerprint density at radius 3 is 2.31 bits per heavy atom. The Kier molecular flexibility index (Phi) is 7.51. The van der Waals surface area contributed by atoms with Crippen LogP contribution in [0.25, 0.3) is 6.08 Å². The highest BCUT2D eigenvalue weighted by atomic mass is 79.9. The number of nitrogens with zero attached hydrogens (tertiary/aromatic N) is 1. The fourth-order valence-electron chi connectivity index (χ4n) is 3.25. The first-order valence-electron chi connectivity index (χ1n) is 10.4. The van der Waals surface area contributed by atoms with Gasteiger partial charge in [-0.25, -0.2) is 8.78 Å². The lowest BCUT2D eigenvalue weighted by atomic mass is 10.1. The summed E-state index contributed by atoms with van der Waals surface area (Å²) in [6, 6.07) is 15.2. The molecule has 0 unspecified atom stereocenters. The van der Waals surface area contributed by atoms with Crippen LogP contribution in [-0.2, 0) is 14.4 Å². The lowest BCUT2D eigenvalue weighted by Crippen LogP contribution is -2.54. The molecule has 3 aromatic carbocycles. The van der Waals surface area contributed by atoms with Crippen molar-refractivity contribution < 1.29 is 27.9 Å². The fraction of sp³-hybridized carbons (Fsp3) is 0.0400. The maximum absolute atomic E-state index is 13.3. The van der Waals surface area contributed by atoms with Crippen molar-refractivity contribution in [1.29, 1.82) is 0 Å². The van der Waals surface area contributed by atoms with Gasteiger partial charge in [0.15, 0.2) is 11.7 Å². The van der Waals surface area contributed by atoms with E-state index >= 15 is 0 Å². The number of rotatable bonds is 6.